The maximum Gasteiger partial charge on any atom is 0.333 e. The maximum absolute atomic E-state index is 2.84. The van der Waals surface area contributed by atoms with Gasteiger partial charge in [-0.2, -0.15) is 0 Å². The van der Waals surface area contributed by atoms with Crippen LogP contribution in [0.3, 0.4) is 0 Å². The van der Waals surface area contributed by atoms with Gasteiger partial charge in [0.05, 0.1) is 0 Å². The highest BCUT2D eigenvalue weighted by Crippen LogP contribution is 2.63. The lowest BCUT2D eigenvalue weighted by Crippen LogP contribution is -2.62. The summed E-state index contributed by atoms with van der Waals surface area (Å²) in [5, 5.41) is 2.63. The van der Waals surface area contributed by atoms with Crippen molar-refractivity contribution in [2.24, 2.45) is 0 Å². The van der Waals surface area contributed by atoms with Crippen molar-refractivity contribution in [1.82, 2.24) is 0 Å². The van der Waals surface area contributed by atoms with E-state index in [2.05, 4.69) is 451 Å². The summed E-state index contributed by atoms with van der Waals surface area (Å²) < 4.78 is 2.65. The molecule has 4 nitrogen and oxygen atoms in total. The van der Waals surface area contributed by atoms with E-state index in [4.69, 9.17) is 0 Å². The topological polar surface area (TPSA) is 13.0 Å². The molecule has 0 N–H and O–H groups in total. The Labute approximate surface area is 825 Å². The van der Waals surface area contributed by atoms with E-state index in [1.165, 1.54) is 250 Å². The van der Waals surface area contributed by atoms with Gasteiger partial charge in [-0.1, -0.05) is 327 Å². The molecule has 16 aromatic rings. The molecule has 1 atom stereocenters. The summed E-state index contributed by atoms with van der Waals surface area (Å²) in [4.78, 5) is 11.2. The van der Waals surface area contributed by atoms with Gasteiger partial charge in [-0.25, -0.2) is 0 Å². The van der Waals surface area contributed by atoms with Gasteiger partial charge >= 0.3 is 13.7 Å². The van der Waals surface area contributed by atoms with E-state index in [9.17, 15) is 0 Å². The van der Waals surface area contributed by atoms with Gasteiger partial charge in [0, 0.05) is 93.6 Å². The van der Waals surface area contributed by atoms with E-state index in [0.29, 0.717) is 0 Å². The standard InChI is InChI=1S/C131H130B2N4S/c1-78-63-100-104(127(14,15)59-57-124(100,8)9)75-110(78)134-108-53-46-84(81-33-25-23-26-34-81)66-107(108)133-120-95(69-87(70-115(120)134)122(3,4)5)93-74-117-94(91-38-30-32-40-116(91)138-117)73-112(93)137(133)89-48-51-99-103(72-89)129(18,19)61-62-131(99,22)77-80-41-43-83(44-42-80)86-65-96-118-109(54-49-92-90-37-29-31-39-97(90)130(20,21)119(92)118)136(88-47-50-98-102(71-88)126(12,13)56-55-123(98,6)7)132-106-52-45-85(82-35-27-24-28-36-82)67-113(106)135(114(68-86)121(96)132)111-76-105-101(64-79(111)2)125(10,11)58-60-128(105,16)17/h23-54,63-76H,55-62,77H2,1-22H3. The molecule has 0 radical (unpaired) electrons. The van der Waals surface area contributed by atoms with E-state index < -0.39 is 0 Å². The Balaban J connectivity index is 0.669. The zero-order valence-electron chi connectivity index (χ0n) is 85.3. The predicted octanol–water partition coefficient (Wildman–Crippen LogP) is 33.3. The Morgan fingerprint density at radius 1 is 0.290 bits per heavy atom. The summed E-state index contributed by atoms with van der Waals surface area (Å²) in [7, 11) is 0. The minimum atomic E-state index is -0.328. The fourth-order valence-electron chi connectivity index (χ4n) is 27.5. The van der Waals surface area contributed by atoms with Crippen LogP contribution in [-0.2, 0) is 60.6 Å². The lowest BCUT2D eigenvalue weighted by molar-refractivity contribution is 0.310. The molecule has 4 aliphatic heterocycles. The fourth-order valence-corrected chi connectivity index (χ4v) is 28.6. The number of aryl methyl sites for hydroxylation is 2. The van der Waals surface area contributed by atoms with Crippen molar-refractivity contribution in [1.29, 1.82) is 0 Å². The second-order valence-corrected chi connectivity index (χ2v) is 50.7. The molecule has 25 rings (SSSR count). The molecule has 0 bridgehead atoms. The highest BCUT2D eigenvalue weighted by Gasteiger charge is 2.54. The van der Waals surface area contributed by atoms with Gasteiger partial charge in [-0.15, -0.1) is 11.3 Å². The number of anilines is 10. The Morgan fingerprint density at radius 3 is 1.39 bits per heavy atom. The lowest BCUT2D eigenvalue weighted by atomic mass is 9.43. The third kappa shape index (κ3) is 13.0. The molecule has 1 aromatic heterocycles. The molecule has 5 heterocycles. The smallest absolute Gasteiger partial charge is 0.333 e. The first kappa shape index (κ1) is 87.4. The third-order valence-electron chi connectivity index (χ3n) is 36.1. The lowest BCUT2D eigenvalue weighted by Gasteiger charge is -2.48. The molecule has 0 amide bonds. The first-order valence-corrected chi connectivity index (χ1v) is 52.4. The van der Waals surface area contributed by atoms with Gasteiger partial charge < -0.3 is 19.4 Å². The van der Waals surface area contributed by atoms with Gasteiger partial charge in [0.2, 0.25) is 0 Å². The minimum absolute atomic E-state index is 0.00601. The quantitative estimate of drug-likeness (QED) is 0.134. The SMILES string of the molecule is Cc1cc2c(cc1N1c3ccc(-c4ccccc4)cc3B3c4c(cc(C(C)(C)C)cc41)-c1cc4sc5ccccc5c4cc1N3c1ccc3c(c1)C(C)(C)CCC3(C)Cc1ccc(-c3cc4c5c(c3)N(c3cc6c(cc3C)C(C)(C)CCC6(C)C)c3cc(-c6ccccc6)ccc3B5N(c3ccc5c(c3)C(C)(C)CCC5(C)C)c3ccc5c(c3-4)C(C)(C)c3ccccc3-5)cc1)C(C)(C)CCC2(C)C. The Hall–Kier alpha value is -12.2. The van der Waals surface area contributed by atoms with E-state index in [-0.39, 0.29) is 67.8 Å². The highest BCUT2D eigenvalue weighted by atomic mass is 32.1. The van der Waals surface area contributed by atoms with Crippen LogP contribution in [0, 0.1) is 13.8 Å². The first-order valence-electron chi connectivity index (χ1n) is 51.5. The Morgan fingerprint density at radius 2 is 0.768 bits per heavy atom. The predicted molar refractivity (Wildman–Crippen MR) is 594 cm³/mol. The van der Waals surface area contributed by atoms with E-state index in [1.54, 1.807) is 0 Å². The van der Waals surface area contributed by atoms with Gasteiger partial charge in [-0.3, -0.25) is 0 Å². The van der Waals surface area contributed by atoms with Crippen LogP contribution in [0.2, 0.25) is 0 Å². The molecule has 0 spiro atoms. The largest absolute Gasteiger partial charge is 0.376 e. The van der Waals surface area contributed by atoms with E-state index in [0.717, 1.165) is 51.4 Å². The normalized spacial score (nSPS) is 19.3. The van der Waals surface area contributed by atoms with Crippen molar-refractivity contribution < 1.29 is 0 Å². The summed E-state index contributed by atoms with van der Waals surface area (Å²) in [6, 6.07) is 113. The minimum Gasteiger partial charge on any atom is -0.376 e. The average molecular weight is 1810 g/mol. The van der Waals surface area contributed by atoms with Crippen LogP contribution in [0.4, 0.5) is 56.9 Å². The average Bonchev–Trinajstić information content (AvgIpc) is 1.16. The van der Waals surface area contributed by atoms with E-state index in [1.807, 2.05) is 11.3 Å². The molecule has 0 saturated carbocycles. The number of hydrogen-bond acceptors (Lipinski definition) is 5. The van der Waals surface area contributed by atoms with Crippen LogP contribution in [0.25, 0.3) is 86.9 Å². The van der Waals surface area contributed by atoms with Crippen LogP contribution in [0.1, 0.15) is 268 Å². The van der Waals surface area contributed by atoms with Crippen molar-refractivity contribution in [3.8, 4) is 66.8 Å². The van der Waals surface area contributed by atoms with Gasteiger partial charge in [0.1, 0.15) is 0 Å². The number of fused-ring (bicyclic) bond motifs is 19. The molecule has 686 valence electrons. The van der Waals surface area contributed by atoms with Crippen molar-refractivity contribution in [2.45, 2.75) is 264 Å². The van der Waals surface area contributed by atoms with Gasteiger partial charge in [0.25, 0.3) is 0 Å². The first-order chi connectivity index (χ1) is 65.6. The summed E-state index contributed by atoms with van der Waals surface area (Å²) >= 11 is 1.94. The molecule has 0 fully saturated rings. The summed E-state index contributed by atoms with van der Waals surface area (Å²) in [5.74, 6) is 0. The van der Waals surface area contributed by atoms with Crippen LogP contribution in [-0.4, -0.2) is 13.7 Å². The summed E-state index contributed by atoms with van der Waals surface area (Å²) in [6.07, 6.45) is 9.93. The van der Waals surface area contributed by atoms with E-state index >= 15 is 0 Å². The number of thiophene rings is 1. The number of rotatable bonds is 9. The fraction of sp³-hybridized carbons (Fsp3) is 0.313. The molecule has 0 saturated heterocycles. The molecular formula is C131H130B2N4S. The highest BCUT2D eigenvalue weighted by molar-refractivity contribution is 7.25. The molecule has 5 aliphatic carbocycles. The molecule has 1 unspecified atom stereocenters. The second-order valence-electron chi connectivity index (χ2n) is 49.6. The van der Waals surface area contributed by atoms with Crippen molar-refractivity contribution in [3.63, 3.8) is 0 Å². The number of nitrogens with zero attached hydrogens (tertiary/aromatic N) is 4. The molecule has 9 aliphatic rings. The Bertz CT molecular complexity index is 7910. The number of benzene rings is 15. The van der Waals surface area contributed by atoms with Crippen LogP contribution in [0.5, 0.6) is 0 Å². The third-order valence-corrected chi connectivity index (χ3v) is 37.3. The summed E-state index contributed by atoms with van der Waals surface area (Å²) in [6.45, 7) is 54.3. The molecule has 138 heavy (non-hydrogen) atoms. The van der Waals surface area contributed by atoms with Gasteiger partial charge in [0.15, 0.2) is 0 Å². The molecule has 15 aromatic carbocycles. The summed E-state index contributed by atoms with van der Waals surface area (Å²) in [5.41, 5.74) is 52.5. The molecular weight excluding hydrogens is 1680 g/mol. The van der Waals surface area contributed by atoms with Crippen molar-refractivity contribution >= 4 is 124 Å². The maximum atomic E-state index is 2.84. The zero-order chi connectivity index (χ0) is 95.5. The van der Waals surface area contributed by atoms with Crippen molar-refractivity contribution in [3.05, 3.63) is 357 Å². The number of hydrogen-bond donors (Lipinski definition) is 0. The van der Waals surface area contributed by atoms with Gasteiger partial charge in [-0.05, 0) is 367 Å². The van der Waals surface area contributed by atoms with Crippen LogP contribution >= 0.6 is 11.3 Å². The molecule has 7 heteroatoms. The second kappa shape index (κ2) is 29.7. The zero-order valence-corrected chi connectivity index (χ0v) is 86.1. The van der Waals surface area contributed by atoms with Crippen LogP contribution in [0.15, 0.2) is 279 Å². The Kier molecular flexibility index (Phi) is 18.8. The monoisotopic (exact) mass is 1810 g/mol. The van der Waals surface area contributed by atoms with Crippen molar-refractivity contribution in [2.75, 3.05) is 19.4 Å². The van der Waals surface area contributed by atoms with Crippen LogP contribution < -0.4 is 41.3 Å².